The Kier molecular flexibility index (Phi) is 5.41. The molecule has 1 amide bonds. The number of hydrogen-bond acceptors (Lipinski definition) is 5. The van der Waals surface area contributed by atoms with Gasteiger partial charge in [0.2, 0.25) is 0 Å². The lowest BCUT2D eigenvalue weighted by Crippen LogP contribution is -2.40. The molecule has 0 bridgehead atoms. The van der Waals surface area contributed by atoms with E-state index in [1.165, 1.54) is 0 Å². The van der Waals surface area contributed by atoms with Crippen molar-refractivity contribution in [3.63, 3.8) is 0 Å². The summed E-state index contributed by atoms with van der Waals surface area (Å²) in [7, 11) is 0. The van der Waals surface area contributed by atoms with Crippen molar-refractivity contribution in [1.29, 1.82) is 0 Å². The van der Waals surface area contributed by atoms with Gasteiger partial charge in [0, 0.05) is 19.8 Å². The van der Waals surface area contributed by atoms with Crippen LogP contribution in [0.5, 0.6) is 0 Å². The number of nitrogens with one attached hydrogen (secondary N) is 1. The molecule has 7 nitrogen and oxygen atoms in total. The van der Waals surface area contributed by atoms with Crippen LogP contribution in [0.3, 0.4) is 0 Å². The third-order valence-corrected chi connectivity index (χ3v) is 5.96. The molecule has 3 heterocycles. The van der Waals surface area contributed by atoms with E-state index in [9.17, 15) is 9.59 Å². The minimum Gasteiger partial charge on any atom is -0.462 e. The highest BCUT2D eigenvalue weighted by Gasteiger charge is 2.40. The quantitative estimate of drug-likeness (QED) is 0.802. The molecule has 2 aromatic rings. The highest BCUT2D eigenvalue weighted by molar-refractivity contribution is 5.98. The maximum absolute atomic E-state index is 13.0. The van der Waals surface area contributed by atoms with E-state index < -0.39 is 0 Å². The highest BCUT2D eigenvalue weighted by Crippen LogP contribution is 2.38. The number of amides is 1. The number of aromatic nitrogens is 2. The normalized spacial score (nSPS) is 18.1. The molecular weight excluding hydrogens is 370 g/mol. The summed E-state index contributed by atoms with van der Waals surface area (Å²) in [4.78, 5) is 25.5. The molecule has 0 unspecified atom stereocenters. The molecule has 1 saturated heterocycles. The van der Waals surface area contributed by atoms with Crippen LogP contribution < -0.4 is 5.32 Å². The van der Waals surface area contributed by atoms with Crippen molar-refractivity contribution < 1.29 is 19.1 Å². The van der Waals surface area contributed by atoms with Gasteiger partial charge in [0.1, 0.15) is 0 Å². The van der Waals surface area contributed by atoms with E-state index in [2.05, 4.69) is 5.32 Å². The zero-order chi connectivity index (χ0) is 20.4. The van der Waals surface area contributed by atoms with Crippen LogP contribution >= 0.6 is 0 Å². The topological polar surface area (TPSA) is 82.5 Å². The molecule has 4 rings (SSSR count). The Bertz CT molecular complexity index is 928. The number of aryl methyl sites for hydroxylation is 1. The van der Waals surface area contributed by atoms with Crippen LogP contribution in [0.1, 0.15) is 58.8 Å². The Morgan fingerprint density at radius 2 is 2.03 bits per heavy atom. The fourth-order valence-corrected chi connectivity index (χ4v) is 4.35. The van der Waals surface area contributed by atoms with Gasteiger partial charge in [0.25, 0.3) is 5.91 Å². The number of carbonyl (C=O) groups is 2. The third-order valence-electron chi connectivity index (χ3n) is 5.96. The van der Waals surface area contributed by atoms with Gasteiger partial charge in [0.05, 0.1) is 34.8 Å². The Labute approximate surface area is 170 Å². The van der Waals surface area contributed by atoms with Crippen molar-refractivity contribution in [2.24, 2.45) is 5.41 Å². The second-order valence-corrected chi connectivity index (χ2v) is 7.74. The summed E-state index contributed by atoms with van der Waals surface area (Å²) in [6.45, 7) is 6.10. The van der Waals surface area contributed by atoms with Gasteiger partial charge < -0.3 is 14.8 Å². The first-order valence-corrected chi connectivity index (χ1v) is 10.3. The monoisotopic (exact) mass is 397 g/mol. The summed E-state index contributed by atoms with van der Waals surface area (Å²) in [5.41, 5.74) is 3.32. The van der Waals surface area contributed by atoms with Crippen LogP contribution in [0.4, 0.5) is 0 Å². The molecule has 0 saturated carbocycles. The molecule has 1 N–H and O–H groups in total. The molecule has 2 aliphatic heterocycles. The van der Waals surface area contributed by atoms with Crippen LogP contribution in [0.25, 0.3) is 5.69 Å². The number of rotatable bonds is 4. The summed E-state index contributed by atoms with van der Waals surface area (Å²) in [6, 6.07) is 7.29. The van der Waals surface area contributed by atoms with Crippen molar-refractivity contribution in [1.82, 2.24) is 15.1 Å². The van der Waals surface area contributed by atoms with Crippen molar-refractivity contribution >= 4 is 11.9 Å². The Morgan fingerprint density at radius 3 is 2.76 bits per heavy atom. The van der Waals surface area contributed by atoms with E-state index in [0.29, 0.717) is 56.0 Å². The van der Waals surface area contributed by atoms with Crippen LogP contribution in [0.15, 0.2) is 24.3 Å². The lowest BCUT2D eigenvalue weighted by Gasteiger charge is -2.36. The van der Waals surface area contributed by atoms with Crippen LogP contribution in [-0.2, 0) is 22.3 Å². The molecule has 1 aromatic carbocycles. The largest absolute Gasteiger partial charge is 0.462 e. The summed E-state index contributed by atoms with van der Waals surface area (Å²) in [6.07, 6.45) is 3.13. The van der Waals surface area contributed by atoms with E-state index >= 15 is 0 Å². The van der Waals surface area contributed by atoms with Crippen LogP contribution in [0.2, 0.25) is 0 Å². The number of nitrogens with zero attached hydrogens (tertiary/aromatic N) is 2. The number of fused-ring (bicyclic) bond motifs is 1. The molecule has 1 fully saturated rings. The van der Waals surface area contributed by atoms with Gasteiger partial charge in [-0.1, -0.05) is 19.1 Å². The van der Waals surface area contributed by atoms with Gasteiger partial charge in [-0.25, -0.2) is 9.48 Å². The van der Waals surface area contributed by atoms with Gasteiger partial charge in [-0.15, -0.1) is 0 Å². The average Bonchev–Trinajstić information content (AvgIpc) is 3.04. The fourth-order valence-electron chi connectivity index (χ4n) is 4.35. The average molecular weight is 397 g/mol. The molecule has 2 aliphatic rings. The molecule has 1 aromatic heterocycles. The smallest absolute Gasteiger partial charge is 0.340 e. The highest BCUT2D eigenvalue weighted by atomic mass is 16.5. The Morgan fingerprint density at radius 1 is 1.28 bits per heavy atom. The maximum Gasteiger partial charge on any atom is 0.340 e. The standard InChI is InChI=1S/C22H27N3O4/c1-3-16-19-18(13-22(14-23-20(19)26)9-11-28-12-10-22)25(24-16)17-8-6-5-7-15(17)21(27)29-4-2/h5-8H,3-4,9-14H2,1-2H3,(H,23,26). The number of hydrogen-bond donors (Lipinski definition) is 1. The maximum atomic E-state index is 13.0. The Hall–Kier alpha value is -2.67. The first kappa shape index (κ1) is 19.6. The second kappa shape index (κ2) is 7.99. The predicted molar refractivity (Wildman–Crippen MR) is 107 cm³/mol. The summed E-state index contributed by atoms with van der Waals surface area (Å²) >= 11 is 0. The summed E-state index contributed by atoms with van der Waals surface area (Å²) in [5, 5.41) is 7.89. The molecule has 154 valence electrons. The number of esters is 1. The van der Waals surface area contributed by atoms with Crippen LogP contribution in [0, 0.1) is 5.41 Å². The summed E-state index contributed by atoms with van der Waals surface area (Å²) in [5.74, 6) is -0.468. The lowest BCUT2D eigenvalue weighted by molar-refractivity contribution is 0.0155. The van der Waals surface area contributed by atoms with Crippen LogP contribution in [-0.4, -0.2) is 48.0 Å². The minimum atomic E-state index is -0.385. The van der Waals surface area contributed by atoms with E-state index in [1.807, 2.05) is 25.1 Å². The molecule has 1 spiro atoms. The zero-order valence-corrected chi connectivity index (χ0v) is 17.0. The molecule has 7 heteroatoms. The minimum absolute atomic E-state index is 0.0547. The Balaban J connectivity index is 1.87. The molecule has 0 radical (unpaired) electrons. The van der Waals surface area contributed by atoms with Gasteiger partial charge in [-0.05, 0) is 50.2 Å². The van der Waals surface area contributed by atoms with Crippen molar-refractivity contribution in [3.05, 3.63) is 46.8 Å². The van der Waals surface area contributed by atoms with Gasteiger partial charge >= 0.3 is 5.97 Å². The van der Waals surface area contributed by atoms with Gasteiger partial charge in [0.15, 0.2) is 0 Å². The first-order chi connectivity index (χ1) is 14.1. The second-order valence-electron chi connectivity index (χ2n) is 7.74. The number of carbonyl (C=O) groups excluding carboxylic acids is 2. The van der Waals surface area contributed by atoms with Gasteiger partial charge in [-0.2, -0.15) is 5.10 Å². The number of ether oxygens (including phenoxy) is 2. The molecule has 29 heavy (non-hydrogen) atoms. The van der Waals surface area contributed by atoms with Crippen molar-refractivity contribution in [2.75, 3.05) is 26.4 Å². The SMILES string of the molecule is CCOC(=O)c1ccccc1-n1nc(CC)c2c1CC1(CCOCC1)CNC2=O. The zero-order valence-electron chi connectivity index (χ0n) is 17.0. The first-order valence-electron chi connectivity index (χ1n) is 10.3. The molecule has 0 atom stereocenters. The van der Waals surface area contributed by atoms with Crippen molar-refractivity contribution in [2.45, 2.75) is 39.5 Å². The third kappa shape index (κ3) is 3.55. The summed E-state index contributed by atoms with van der Waals surface area (Å²) < 4.78 is 12.6. The molecule has 0 aliphatic carbocycles. The van der Waals surface area contributed by atoms with E-state index in [1.54, 1.807) is 17.7 Å². The fraction of sp³-hybridized carbons (Fsp3) is 0.500. The lowest BCUT2D eigenvalue weighted by atomic mass is 9.76. The van der Waals surface area contributed by atoms with Crippen molar-refractivity contribution in [3.8, 4) is 5.69 Å². The molecular formula is C22H27N3O4. The number of para-hydroxylation sites is 1. The predicted octanol–water partition coefficient (Wildman–Crippen LogP) is 2.69. The van der Waals surface area contributed by atoms with E-state index in [0.717, 1.165) is 24.2 Å². The number of benzene rings is 1. The van der Waals surface area contributed by atoms with E-state index in [4.69, 9.17) is 14.6 Å². The van der Waals surface area contributed by atoms with E-state index in [-0.39, 0.29) is 17.3 Å². The van der Waals surface area contributed by atoms with Gasteiger partial charge in [-0.3, -0.25) is 4.79 Å².